The van der Waals surface area contributed by atoms with Crippen LogP contribution in [0.25, 0.3) is 5.69 Å². The standard InChI is InChI=1S/C23H22N5OPS/c1-16-10-7-8-13-19(16)26-30(29)21-17(2)25-28(18-11-5-4-6-12-18)23(21)24-22(27(30)3)20-14-9-15-31-20/h4-15H,1-3H3,(H,26,29). The molecule has 3 heterocycles. The van der Waals surface area contributed by atoms with Gasteiger partial charge >= 0.3 is 0 Å². The lowest BCUT2D eigenvalue weighted by Crippen LogP contribution is -2.36. The zero-order valence-corrected chi connectivity index (χ0v) is 19.2. The van der Waals surface area contributed by atoms with Crippen molar-refractivity contribution in [2.75, 3.05) is 12.1 Å². The summed E-state index contributed by atoms with van der Waals surface area (Å²) in [5.74, 6) is 1.28. The maximum Gasteiger partial charge on any atom is 0.296 e. The van der Waals surface area contributed by atoms with Crippen molar-refractivity contribution in [3.8, 4) is 5.69 Å². The highest BCUT2D eigenvalue weighted by Crippen LogP contribution is 2.54. The fourth-order valence-electron chi connectivity index (χ4n) is 3.78. The third kappa shape index (κ3) is 3.21. The average molecular weight is 448 g/mol. The largest absolute Gasteiger partial charge is 0.316 e. The van der Waals surface area contributed by atoms with Gasteiger partial charge in [-0.25, -0.2) is 9.67 Å². The summed E-state index contributed by atoms with van der Waals surface area (Å²) < 4.78 is 18.3. The molecule has 0 saturated heterocycles. The molecule has 0 bridgehead atoms. The van der Waals surface area contributed by atoms with Crippen molar-refractivity contribution in [3.63, 3.8) is 0 Å². The Balaban J connectivity index is 1.76. The highest BCUT2D eigenvalue weighted by molar-refractivity contribution is 7.72. The van der Waals surface area contributed by atoms with Gasteiger partial charge in [-0.3, -0.25) is 9.24 Å². The molecular formula is C23H22N5OPS. The summed E-state index contributed by atoms with van der Waals surface area (Å²) >= 11 is 1.58. The first-order chi connectivity index (χ1) is 15.0. The Labute approximate surface area is 185 Å². The van der Waals surface area contributed by atoms with Crippen molar-refractivity contribution in [2.24, 2.45) is 4.99 Å². The van der Waals surface area contributed by atoms with E-state index < -0.39 is 7.44 Å². The van der Waals surface area contributed by atoms with E-state index in [1.165, 1.54) is 0 Å². The Morgan fingerprint density at radius 2 is 1.71 bits per heavy atom. The molecule has 2 aromatic carbocycles. The minimum absolute atomic E-state index is 0.606. The quantitative estimate of drug-likeness (QED) is 0.420. The van der Waals surface area contributed by atoms with Gasteiger partial charge in [0.1, 0.15) is 5.30 Å². The molecule has 0 aliphatic carbocycles. The molecular weight excluding hydrogens is 425 g/mol. The SMILES string of the molecule is Cc1ccccc1NP1(=O)c2c(C)nn(-c3ccccc3)c2N=C(c2cccs2)N1C. The van der Waals surface area contributed by atoms with E-state index in [-0.39, 0.29) is 0 Å². The number of fused-ring (bicyclic) bond motifs is 1. The van der Waals surface area contributed by atoms with Gasteiger partial charge in [0, 0.05) is 12.7 Å². The van der Waals surface area contributed by atoms with Crippen LogP contribution in [-0.4, -0.2) is 27.3 Å². The first-order valence-corrected chi connectivity index (χ1v) is 12.5. The smallest absolute Gasteiger partial charge is 0.296 e. The van der Waals surface area contributed by atoms with Crippen LogP contribution < -0.4 is 10.4 Å². The lowest BCUT2D eigenvalue weighted by molar-refractivity contribution is 0.553. The van der Waals surface area contributed by atoms with E-state index >= 15 is 0 Å². The van der Waals surface area contributed by atoms with E-state index in [2.05, 4.69) is 5.09 Å². The molecule has 0 saturated carbocycles. The molecule has 0 radical (unpaired) electrons. The van der Waals surface area contributed by atoms with Crippen LogP contribution in [0.3, 0.4) is 0 Å². The van der Waals surface area contributed by atoms with Gasteiger partial charge in [-0.05, 0) is 49.1 Å². The third-order valence-corrected chi connectivity index (χ3v) is 8.98. The Morgan fingerprint density at radius 3 is 2.42 bits per heavy atom. The average Bonchev–Trinajstić information content (AvgIpc) is 3.41. The van der Waals surface area contributed by atoms with E-state index in [0.717, 1.165) is 21.8 Å². The number of amidine groups is 1. The molecule has 4 aromatic rings. The molecule has 31 heavy (non-hydrogen) atoms. The molecule has 8 heteroatoms. The second-order valence-corrected chi connectivity index (χ2v) is 10.8. The number of anilines is 1. The first-order valence-electron chi connectivity index (χ1n) is 9.95. The van der Waals surface area contributed by atoms with Crippen molar-refractivity contribution in [2.45, 2.75) is 13.8 Å². The van der Waals surface area contributed by atoms with Gasteiger partial charge in [0.2, 0.25) is 0 Å². The summed E-state index contributed by atoms with van der Waals surface area (Å²) in [4.78, 5) is 5.92. The van der Waals surface area contributed by atoms with E-state index in [1.54, 1.807) is 20.7 Å². The van der Waals surface area contributed by atoms with Gasteiger partial charge < -0.3 is 5.09 Å². The number of hydrogen-bond acceptors (Lipinski definition) is 4. The van der Waals surface area contributed by atoms with Gasteiger partial charge in [-0.15, -0.1) is 11.3 Å². The predicted molar refractivity (Wildman–Crippen MR) is 129 cm³/mol. The van der Waals surface area contributed by atoms with Crippen LogP contribution in [0.1, 0.15) is 16.1 Å². The van der Waals surface area contributed by atoms with Crippen LogP contribution in [0, 0.1) is 13.8 Å². The van der Waals surface area contributed by atoms with Gasteiger partial charge in [0.15, 0.2) is 11.7 Å². The highest BCUT2D eigenvalue weighted by atomic mass is 32.1. The van der Waals surface area contributed by atoms with Gasteiger partial charge in [0.05, 0.1) is 16.3 Å². The number of para-hydroxylation sites is 2. The molecule has 0 fully saturated rings. The van der Waals surface area contributed by atoms with Gasteiger partial charge in [0.25, 0.3) is 7.44 Å². The number of nitrogens with zero attached hydrogens (tertiary/aromatic N) is 4. The summed E-state index contributed by atoms with van der Waals surface area (Å²) in [6, 6.07) is 21.7. The molecule has 0 spiro atoms. The van der Waals surface area contributed by atoms with Crippen molar-refractivity contribution in [1.29, 1.82) is 0 Å². The summed E-state index contributed by atoms with van der Waals surface area (Å²) in [6.45, 7) is 3.90. The Bertz CT molecular complexity index is 1330. The summed E-state index contributed by atoms with van der Waals surface area (Å²) in [5.41, 5.74) is 3.45. The van der Waals surface area contributed by atoms with E-state index in [4.69, 9.17) is 10.1 Å². The predicted octanol–water partition coefficient (Wildman–Crippen LogP) is 5.50. The fourth-order valence-corrected chi connectivity index (χ4v) is 7.05. The number of hydrogen-bond donors (Lipinski definition) is 1. The highest BCUT2D eigenvalue weighted by Gasteiger charge is 2.43. The first kappa shape index (κ1) is 19.8. The van der Waals surface area contributed by atoms with E-state index in [9.17, 15) is 4.57 Å². The number of benzene rings is 2. The molecule has 1 N–H and O–H groups in total. The normalized spacial score (nSPS) is 17.9. The maximum atomic E-state index is 14.8. The third-order valence-electron chi connectivity index (χ3n) is 5.41. The topological polar surface area (TPSA) is 62.5 Å². The number of nitrogens with one attached hydrogen (secondary N) is 1. The van der Waals surface area contributed by atoms with Crippen LogP contribution >= 0.6 is 18.8 Å². The minimum atomic E-state index is -3.30. The number of thiophene rings is 1. The molecule has 1 atom stereocenters. The lowest BCUT2D eigenvalue weighted by atomic mass is 10.2. The van der Waals surface area contributed by atoms with E-state index in [1.807, 2.05) is 93.0 Å². The Morgan fingerprint density at radius 1 is 0.968 bits per heavy atom. The Kier molecular flexibility index (Phi) is 4.80. The van der Waals surface area contributed by atoms with Crippen LogP contribution in [-0.2, 0) is 4.57 Å². The Hall–Kier alpha value is -3.15. The zero-order valence-electron chi connectivity index (χ0n) is 17.5. The van der Waals surface area contributed by atoms with Gasteiger partial charge in [-0.2, -0.15) is 5.10 Å². The van der Waals surface area contributed by atoms with Crippen molar-refractivity contribution in [3.05, 3.63) is 88.2 Å². The summed E-state index contributed by atoms with van der Waals surface area (Å²) in [5, 5.41) is 10.8. The molecule has 2 aromatic heterocycles. The van der Waals surface area contributed by atoms with Crippen LogP contribution in [0.5, 0.6) is 0 Å². The van der Waals surface area contributed by atoms with Gasteiger partial charge in [-0.1, -0.05) is 42.5 Å². The minimum Gasteiger partial charge on any atom is -0.316 e. The molecule has 156 valence electrons. The number of aryl methyl sites for hydroxylation is 2. The molecule has 0 amide bonds. The van der Waals surface area contributed by atoms with Crippen molar-refractivity contribution < 1.29 is 4.57 Å². The molecule has 6 nitrogen and oxygen atoms in total. The van der Waals surface area contributed by atoms with E-state index in [0.29, 0.717) is 22.7 Å². The number of rotatable bonds is 4. The van der Waals surface area contributed by atoms with Crippen molar-refractivity contribution >= 4 is 41.4 Å². The van der Waals surface area contributed by atoms with Crippen molar-refractivity contribution in [1.82, 2.24) is 14.5 Å². The molecule has 1 unspecified atom stereocenters. The zero-order chi connectivity index (χ0) is 21.6. The lowest BCUT2D eigenvalue weighted by Gasteiger charge is -2.35. The second-order valence-electron chi connectivity index (χ2n) is 7.44. The maximum absolute atomic E-state index is 14.8. The monoisotopic (exact) mass is 447 g/mol. The molecule has 1 aliphatic heterocycles. The second kappa shape index (κ2) is 7.52. The number of aromatic nitrogens is 2. The fraction of sp³-hybridized carbons (Fsp3) is 0.130. The van der Waals surface area contributed by atoms with Crippen LogP contribution in [0.2, 0.25) is 0 Å². The molecule has 1 aliphatic rings. The summed E-state index contributed by atoms with van der Waals surface area (Å²) in [6.07, 6.45) is 0. The van der Waals surface area contributed by atoms with Crippen LogP contribution in [0.15, 0.2) is 77.1 Å². The van der Waals surface area contributed by atoms with Crippen LogP contribution in [0.4, 0.5) is 11.5 Å². The number of aliphatic imine (C=N–C) groups is 1. The molecule has 5 rings (SSSR count). The summed E-state index contributed by atoms with van der Waals surface area (Å²) in [7, 11) is -1.46.